The van der Waals surface area contributed by atoms with Crippen molar-refractivity contribution in [2.75, 3.05) is 30.1 Å². The second kappa shape index (κ2) is 9.83. The normalized spacial score (nSPS) is 10.8. The first-order valence-electron chi connectivity index (χ1n) is 10.1. The quantitative estimate of drug-likeness (QED) is 0.389. The monoisotopic (exact) mass is 465 g/mol. The van der Waals surface area contributed by atoms with E-state index in [1.165, 1.54) is 0 Å². The van der Waals surface area contributed by atoms with Crippen LogP contribution in [-0.2, 0) is 4.79 Å². The van der Waals surface area contributed by atoms with Crippen molar-refractivity contribution < 1.29 is 13.6 Å². The van der Waals surface area contributed by atoms with Crippen LogP contribution in [0.15, 0.2) is 78.0 Å². The molecule has 0 aliphatic carbocycles. The number of anilines is 2. The molecule has 0 radical (unpaired) electrons. The first-order chi connectivity index (χ1) is 15.9. The van der Waals surface area contributed by atoms with Gasteiger partial charge in [-0.2, -0.15) is 0 Å². The topological polar surface area (TPSA) is 63.1 Å². The molecule has 9 heteroatoms. The molecule has 168 valence electrons. The summed E-state index contributed by atoms with van der Waals surface area (Å²) in [5.41, 5.74) is 2.52. The fourth-order valence-electron chi connectivity index (χ4n) is 3.19. The van der Waals surface area contributed by atoms with Crippen LogP contribution < -0.4 is 10.2 Å². The molecule has 0 bridgehead atoms. The molecule has 0 saturated carbocycles. The summed E-state index contributed by atoms with van der Waals surface area (Å²) in [6.45, 7) is 0. The van der Waals surface area contributed by atoms with Gasteiger partial charge < -0.3 is 10.2 Å². The second-order valence-electron chi connectivity index (χ2n) is 7.38. The molecule has 1 amide bonds. The lowest BCUT2D eigenvalue weighted by Crippen LogP contribution is -2.15. The van der Waals surface area contributed by atoms with Crippen LogP contribution in [0.4, 0.5) is 20.2 Å². The zero-order valence-corrected chi connectivity index (χ0v) is 18.8. The molecule has 4 aromatic rings. The van der Waals surface area contributed by atoms with Crippen LogP contribution in [0.1, 0.15) is 0 Å². The Balaban J connectivity index is 1.62. The van der Waals surface area contributed by atoms with Crippen molar-refractivity contribution in [3.05, 3.63) is 84.4 Å². The average molecular weight is 466 g/mol. The number of nitrogens with zero attached hydrogens (tertiary/aromatic N) is 4. The molecule has 4 rings (SSSR count). The van der Waals surface area contributed by atoms with Gasteiger partial charge in [0.2, 0.25) is 5.91 Å². The van der Waals surface area contributed by atoms with Crippen molar-refractivity contribution in [3.63, 3.8) is 0 Å². The van der Waals surface area contributed by atoms with Crippen LogP contribution in [0, 0.1) is 11.6 Å². The van der Waals surface area contributed by atoms with E-state index in [4.69, 9.17) is 0 Å². The summed E-state index contributed by atoms with van der Waals surface area (Å²) in [7, 11) is 3.92. The summed E-state index contributed by atoms with van der Waals surface area (Å²) >= 11 is 1.16. The highest BCUT2D eigenvalue weighted by molar-refractivity contribution is 7.99. The second-order valence-corrected chi connectivity index (χ2v) is 8.33. The standard InChI is InChI=1S/C24H21F2N5OS/c1-30(2)19-10-6-7-16(13-19)23-28-29-24(31(23)18-8-4-3-5-9-18)33-15-22(32)27-21-14-17(25)11-12-20(21)26/h3-14H,15H2,1-2H3,(H,27,32). The third-order valence-electron chi connectivity index (χ3n) is 4.80. The summed E-state index contributed by atoms with van der Waals surface area (Å²) in [6.07, 6.45) is 0. The van der Waals surface area contributed by atoms with Crippen LogP contribution in [-0.4, -0.2) is 40.5 Å². The highest BCUT2D eigenvalue weighted by Gasteiger charge is 2.18. The Hall–Kier alpha value is -3.72. The number of hydrogen-bond donors (Lipinski definition) is 1. The van der Waals surface area contributed by atoms with Crippen LogP contribution in [0.5, 0.6) is 0 Å². The van der Waals surface area contributed by atoms with Crippen LogP contribution >= 0.6 is 11.8 Å². The molecule has 0 aliphatic rings. The fourth-order valence-corrected chi connectivity index (χ4v) is 3.94. The van der Waals surface area contributed by atoms with E-state index >= 15 is 0 Å². The number of rotatable bonds is 7. The molecule has 0 saturated heterocycles. The van der Waals surface area contributed by atoms with Crippen molar-refractivity contribution >= 4 is 29.0 Å². The third kappa shape index (κ3) is 5.20. The smallest absolute Gasteiger partial charge is 0.234 e. The number of carbonyl (C=O) groups excluding carboxylic acids is 1. The summed E-state index contributed by atoms with van der Waals surface area (Å²) in [5.74, 6) is -1.25. The number of benzene rings is 3. The van der Waals surface area contributed by atoms with E-state index in [0.717, 1.165) is 46.9 Å². The number of amides is 1. The van der Waals surface area contributed by atoms with Crippen molar-refractivity contribution in [2.45, 2.75) is 5.16 Å². The lowest BCUT2D eigenvalue weighted by Gasteiger charge is -2.14. The molecule has 1 heterocycles. The third-order valence-corrected chi connectivity index (χ3v) is 5.73. The zero-order valence-electron chi connectivity index (χ0n) is 18.0. The van der Waals surface area contributed by atoms with Gasteiger partial charge in [-0.25, -0.2) is 8.78 Å². The van der Waals surface area contributed by atoms with Gasteiger partial charge in [-0.3, -0.25) is 9.36 Å². The molecule has 0 spiro atoms. The van der Waals surface area contributed by atoms with Gasteiger partial charge in [0.15, 0.2) is 11.0 Å². The number of thioether (sulfide) groups is 1. The van der Waals surface area contributed by atoms with Gasteiger partial charge in [0.05, 0.1) is 11.4 Å². The zero-order chi connectivity index (χ0) is 23.4. The van der Waals surface area contributed by atoms with Gasteiger partial charge >= 0.3 is 0 Å². The van der Waals surface area contributed by atoms with E-state index in [2.05, 4.69) is 15.5 Å². The summed E-state index contributed by atoms with van der Waals surface area (Å²) in [6, 6.07) is 20.4. The molecule has 6 nitrogen and oxygen atoms in total. The highest BCUT2D eigenvalue weighted by atomic mass is 32.2. The minimum Gasteiger partial charge on any atom is -0.378 e. The first-order valence-corrected chi connectivity index (χ1v) is 11.1. The lowest BCUT2D eigenvalue weighted by molar-refractivity contribution is -0.113. The largest absolute Gasteiger partial charge is 0.378 e. The Morgan fingerprint density at radius 3 is 2.55 bits per heavy atom. The summed E-state index contributed by atoms with van der Waals surface area (Å²) in [4.78, 5) is 14.4. The molecular weight excluding hydrogens is 444 g/mol. The molecule has 1 aromatic heterocycles. The molecular formula is C24H21F2N5OS. The van der Waals surface area contributed by atoms with E-state index in [9.17, 15) is 13.6 Å². The molecule has 0 atom stereocenters. The minimum absolute atomic E-state index is 0.0569. The number of hydrogen-bond acceptors (Lipinski definition) is 5. The van der Waals surface area contributed by atoms with E-state index in [0.29, 0.717) is 11.0 Å². The van der Waals surface area contributed by atoms with Crippen molar-refractivity contribution in [3.8, 4) is 17.1 Å². The summed E-state index contributed by atoms with van der Waals surface area (Å²) in [5, 5.41) is 11.6. The maximum atomic E-state index is 13.8. The Labute approximate surface area is 194 Å². The predicted octanol–water partition coefficient (Wildman–Crippen LogP) is 5.01. The van der Waals surface area contributed by atoms with Crippen molar-refractivity contribution in [2.24, 2.45) is 0 Å². The van der Waals surface area contributed by atoms with E-state index in [1.807, 2.05) is 78.2 Å². The lowest BCUT2D eigenvalue weighted by atomic mass is 10.1. The Morgan fingerprint density at radius 2 is 1.79 bits per heavy atom. The number of carbonyl (C=O) groups is 1. The highest BCUT2D eigenvalue weighted by Crippen LogP contribution is 2.30. The number of nitrogens with one attached hydrogen (secondary N) is 1. The molecule has 3 aromatic carbocycles. The van der Waals surface area contributed by atoms with E-state index in [-0.39, 0.29) is 11.4 Å². The first kappa shape index (κ1) is 22.5. The van der Waals surface area contributed by atoms with Gasteiger partial charge in [-0.1, -0.05) is 42.1 Å². The molecule has 0 unspecified atom stereocenters. The summed E-state index contributed by atoms with van der Waals surface area (Å²) < 4.78 is 29.1. The van der Waals surface area contributed by atoms with Gasteiger partial charge in [0, 0.05) is 37.1 Å². The van der Waals surface area contributed by atoms with Crippen LogP contribution in [0.2, 0.25) is 0 Å². The van der Waals surface area contributed by atoms with Gasteiger partial charge in [-0.15, -0.1) is 10.2 Å². The van der Waals surface area contributed by atoms with E-state index < -0.39 is 17.5 Å². The van der Waals surface area contributed by atoms with Crippen molar-refractivity contribution in [1.82, 2.24) is 14.8 Å². The maximum absolute atomic E-state index is 13.8. The number of halogens is 2. The SMILES string of the molecule is CN(C)c1cccc(-c2nnc(SCC(=O)Nc3cc(F)ccc3F)n2-c2ccccc2)c1. The van der Waals surface area contributed by atoms with Crippen LogP contribution in [0.25, 0.3) is 17.1 Å². The Morgan fingerprint density at radius 1 is 1.00 bits per heavy atom. The van der Waals surface area contributed by atoms with Gasteiger partial charge in [0.25, 0.3) is 0 Å². The van der Waals surface area contributed by atoms with Crippen LogP contribution in [0.3, 0.4) is 0 Å². The minimum atomic E-state index is -0.703. The fraction of sp³-hybridized carbons (Fsp3) is 0.125. The molecule has 0 fully saturated rings. The van der Waals surface area contributed by atoms with Gasteiger partial charge in [0.1, 0.15) is 11.6 Å². The predicted molar refractivity (Wildman–Crippen MR) is 127 cm³/mol. The Kier molecular flexibility index (Phi) is 6.69. The number of aromatic nitrogens is 3. The number of para-hydroxylation sites is 1. The molecule has 1 N–H and O–H groups in total. The van der Waals surface area contributed by atoms with E-state index in [1.54, 1.807) is 0 Å². The maximum Gasteiger partial charge on any atom is 0.234 e. The van der Waals surface area contributed by atoms with Crippen molar-refractivity contribution in [1.29, 1.82) is 0 Å². The Bertz CT molecular complexity index is 1280. The molecule has 0 aliphatic heterocycles. The van der Waals surface area contributed by atoms with Gasteiger partial charge in [-0.05, 0) is 36.4 Å². The average Bonchev–Trinajstić information content (AvgIpc) is 3.25. The molecule has 33 heavy (non-hydrogen) atoms.